The molecule has 0 spiro atoms. The van der Waals surface area contributed by atoms with E-state index in [0.29, 0.717) is 27.6 Å². The Morgan fingerprint density at radius 3 is 2.57 bits per heavy atom. The lowest BCUT2D eigenvalue weighted by atomic mass is 10.1. The Labute approximate surface area is 167 Å². The van der Waals surface area contributed by atoms with Gasteiger partial charge in [0.1, 0.15) is 11.1 Å². The van der Waals surface area contributed by atoms with Crippen LogP contribution in [-0.4, -0.2) is 30.9 Å². The lowest BCUT2D eigenvalue weighted by Crippen LogP contribution is -2.15. The van der Waals surface area contributed by atoms with E-state index in [1.807, 2.05) is 31.2 Å². The highest BCUT2D eigenvalue weighted by Gasteiger charge is 2.13. The van der Waals surface area contributed by atoms with Gasteiger partial charge >= 0.3 is 0 Å². The van der Waals surface area contributed by atoms with E-state index in [-0.39, 0.29) is 11.7 Å². The van der Waals surface area contributed by atoms with E-state index >= 15 is 0 Å². The van der Waals surface area contributed by atoms with Crippen LogP contribution < -0.4 is 14.8 Å². The number of fused-ring (bicyclic) bond motifs is 1. The molecular weight excluding hydrogens is 374 g/mol. The summed E-state index contributed by atoms with van der Waals surface area (Å²) >= 11 is 1.23. The van der Waals surface area contributed by atoms with Gasteiger partial charge in [-0.05, 0) is 30.7 Å². The van der Waals surface area contributed by atoms with E-state index in [1.54, 1.807) is 32.4 Å². The van der Waals surface area contributed by atoms with Gasteiger partial charge in [0.05, 0.1) is 31.1 Å². The first-order chi connectivity index (χ1) is 13.5. The molecule has 3 rings (SSSR count). The van der Waals surface area contributed by atoms with Crippen molar-refractivity contribution >= 4 is 34.3 Å². The van der Waals surface area contributed by atoms with E-state index in [2.05, 4.69) is 16.4 Å². The number of hydrogen-bond donors (Lipinski definition) is 1. The van der Waals surface area contributed by atoms with Gasteiger partial charge in [0.15, 0.2) is 11.5 Å². The molecule has 0 atom stereocenters. The van der Waals surface area contributed by atoms with Crippen molar-refractivity contribution in [2.24, 2.45) is 0 Å². The fourth-order valence-corrected chi connectivity index (χ4v) is 3.47. The van der Waals surface area contributed by atoms with Gasteiger partial charge in [-0.3, -0.25) is 4.79 Å². The summed E-state index contributed by atoms with van der Waals surface area (Å²) in [6, 6.07) is 15.0. The Morgan fingerprint density at radius 1 is 1.18 bits per heavy atom. The number of carbonyl (C=O) groups excluding carboxylic acids is 1. The molecule has 1 amide bonds. The predicted octanol–water partition coefficient (Wildman–Crippen LogP) is 4.16. The molecule has 0 saturated carbocycles. The highest BCUT2D eigenvalue weighted by molar-refractivity contribution is 8.00. The lowest BCUT2D eigenvalue weighted by molar-refractivity contribution is -0.113. The molecule has 0 fully saturated rings. The molecule has 0 saturated heterocycles. The minimum absolute atomic E-state index is 0.148. The number of aromatic nitrogens is 1. The summed E-state index contributed by atoms with van der Waals surface area (Å²) in [6.45, 7) is 1.93. The summed E-state index contributed by atoms with van der Waals surface area (Å²) < 4.78 is 10.6. The second-order valence-corrected chi connectivity index (χ2v) is 6.97. The first kappa shape index (κ1) is 19.5. The number of benzene rings is 2. The quantitative estimate of drug-likeness (QED) is 0.633. The van der Waals surface area contributed by atoms with Crippen LogP contribution in [0.2, 0.25) is 0 Å². The standard InChI is InChI=1S/C21H19N3O3S/c1-13-6-4-5-7-16(13)23-20(25)12-28-21-15(11-22)8-14-9-18(26-2)19(27-3)10-17(14)24-21/h4-10H,12H2,1-3H3,(H,23,25). The lowest BCUT2D eigenvalue weighted by Gasteiger charge is -2.11. The number of carbonyl (C=O) groups is 1. The van der Waals surface area contributed by atoms with Crippen LogP contribution >= 0.6 is 11.8 Å². The van der Waals surface area contributed by atoms with Crippen molar-refractivity contribution < 1.29 is 14.3 Å². The van der Waals surface area contributed by atoms with Crippen LogP contribution in [-0.2, 0) is 4.79 Å². The molecule has 28 heavy (non-hydrogen) atoms. The number of rotatable bonds is 6. The molecular formula is C21H19N3O3S. The van der Waals surface area contributed by atoms with Gasteiger partial charge in [-0.2, -0.15) is 5.26 Å². The molecule has 0 bridgehead atoms. The summed E-state index contributed by atoms with van der Waals surface area (Å²) in [5.41, 5.74) is 2.84. The van der Waals surface area contributed by atoms with Crippen LogP contribution in [0.3, 0.4) is 0 Å². The number of anilines is 1. The molecule has 1 heterocycles. The van der Waals surface area contributed by atoms with E-state index in [0.717, 1.165) is 16.6 Å². The number of pyridine rings is 1. The summed E-state index contributed by atoms with van der Waals surface area (Å²) in [4.78, 5) is 16.9. The van der Waals surface area contributed by atoms with E-state index in [4.69, 9.17) is 9.47 Å². The van der Waals surface area contributed by atoms with Gasteiger partial charge in [-0.15, -0.1) is 0 Å². The third-order valence-electron chi connectivity index (χ3n) is 4.16. The molecule has 0 unspecified atom stereocenters. The molecule has 142 valence electrons. The molecule has 0 radical (unpaired) electrons. The largest absolute Gasteiger partial charge is 0.493 e. The number of para-hydroxylation sites is 1. The van der Waals surface area contributed by atoms with Crippen LogP contribution in [0.15, 0.2) is 47.5 Å². The number of methoxy groups -OCH3 is 2. The highest BCUT2D eigenvalue weighted by Crippen LogP contribution is 2.33. The number of nitrogens with zero attached hydrogens (tertiary/aromatic N) is 2. The minimum Gasteiger partial charge on any atom is -0.493 e. The molecule has 0 aliphatic heterocycles. The Kier molecular flexibility index (Phi) is 6.02. The SMILES string of the molecule is COc1cc2cc(C#N)c(SCC(=O)Nc3ccccc3C)nc2cc1OC. The van der Waals surface area contributed by atoms with Gasteiger partial charge < -0.3 is 14.8 Å². The van der Waals surface area contributed by atoms with Crippen LogP contribution in [0.4, 0.5) is 5.69 Å². The van der Waals surface area contributed by atoms with Gasteiger partial charge in [-0.1, -0.05) is 30.0 Å². The van der Waals surface area contributed by atoms with E-state index in [1.165, 1.54) is 11.8 Å². The van der Waals surface area contributed by atoms with Crippen LogP contribution in [0.5, 0.6) is 11.5 Å². The summed E-state index contributed by atoms with van der Waals surface area (Å²) in [6.07, 6.45) is 0. The smallest absolute Gasteiger partial charge is 0.234 e. The predicted molar refractivity (Wildman–Crippen MR) is 110 cm³/mol. The third kappa shape index (κ3) is 4.18. The fourth-order valence-electron chi connectivity index (χ4n) is 2.71. The summed E-state index contributed by atoms with van der Waals surface area (Å²) in [5, 5.41) is 13.6. The average molecular weight is 393 g/mol. The zero-order chi connectivity index (χ0) is 20.1. The summed E-state index contributed by atoms with van der Waals surface area (Å²) in [7, 11) is 3.11. The molecule has 7 heteroatoms. The second-order valence-electron chi connectivity index (χ2n) is 6.00. The molecule has 0 aliphatic rings. The number of amides is 1. The van der Waals surface area contributed by atoms with Crippen molar-refractivity contribution in [2.75, 3.05) is 25.3 Å². The van der Waals surface area contributed by atoms with Crippen molar-refractivity contribution in [1.82, 2.24) is 4.98 Å². The first-order valence-corrected chi connectivity index (χ1v) is 9.49. The highest BCUT2D eigenvalue weighted by atomic mass is 32.2. The van der Waals surface area contributed by atoms with Gasteiger partial charge in [0, 0.05) is 17.1 Å². The van der Waals surface area contributed by atoms with Crippen molar-refractivity contribution in [3.63, 3.8) is 0 Å². The van der Waals surface area contributed by atoms with Crippen molar-refractivity contribution in [3.8, 4) is 17.6 Å². The van der Waals surface area contributed by atoms with Crippen molar-refractivity contribution in [3.05, 3.63) is 53.6 Å². The molecule has 0 aliphatic carbocycles. The molecule has 1 aromatic heterocycles. The number of nitriles is 1. The Hall–Kier alpha value is -3.24. The fraction of sp³-hybridized carbons (Fsp3) is 0.190. The topological polar surface area (TPSA) is 84.2 Å². The number of aryl methyl sites for hydroxylation is 1. The molecule has 2 aromatic carbocycles. The van der Waals surface area contributed by atoms with Crippen molar-refractivity contribution in [2.45, 2.75) is 11.9 Å². The Bertz CT molecular complexity index is 1080. The zero-order valence-corrected chi connectivity index (χ0v) is 16.6. The Morgan fingerprint density at radius 2 is 1.89 bits per heavy atom. The average Bonchev–Trinajstić information content (AvgIpc) is 2.72. The molecule has 6 nitrogen and oxygen atoms in total. The maximum Gasteiger partial charge on any atom is 0.234 e. The second kappa shape index (κ2) is 8.63. The van der Waals surface area contributed by atoms with Crippen LogP contribution in [0, 0.1) is 18.3 Å². The first-order valence-electron chi connectivity index (χ1n) is 8.51. The number of nitrogens with one attached hydrogen (secondary N) is 1. The van der Waals surface area contributed by atoms with Crippen LogP contribution in [0.1, 0.15) is 11.1 Å². The third-order valence-corrected chi connectivity index (χ3v) is 5.16. The Balaban J connectivity index is 1.83. The normalized spacial score (nSPS) is 10.4. The number of ether oxygens (including phenoxy) is 2. The monoisotopic (exact) mass is 393 g/mol. The van der Waals surface area contributed by atoms with Gasteiger partial charge in [-0.25, -0.2) is 4.98 Å². The number of hydrogen-bond acceptors (Lipinski definition) is 6. The van der Waals surface area contributed by atoms with Crippen molar-refractivity contribution in [1.29, 1.82) is 5.26 Å². The molecule has 3 aromatic rings. The van der Waals surface area contributed by atoms with E-state index in [9.17, 15) is 10.1 Å². The van der Waals surface area contributed by atoms with Gasteiger partial charge in [0.2, 0.25) is 5.91 Å². The zero-order valence-electron chi connectivity index (χ0n) is 15.8. The molecule has 1 N–H and O–H groups in total. The number of thioether (sulfide) groups is 1. The minimum atomic E-state index is -0.155. The maximum absolute atomic E-state index is 12.3. The van der Waals surface area contributed by atoms with E-state index < -0.39 is 0 Å². The maximum atomic E-state index is 12.3. The van der Waals surface area contributed by atoms with Gasteiger partial charge in [0.25, 0.3) is 0 Å². The summed E-state index contributed by atoms with van der Waals surface area (Å²) in [5.74, 6) is 1.12. The van der Waals surface area contributed by atoms with Crippen LogP contribution in [0.25, 0.3) is 10.9 Å².